The van der Waals surface area contributed by atoms with Crippen molar-refractivity contribution in [3.05, 3.63) is 81.1 Å². The van der Waals surface area contributed by atoms with Crippen LogP contribution >= 0.6 is 23.2 Å². The molecule has 166 valence electrons. The SMILES string of the molecule is CC[C@@H](Nc1ncnc2nc[nH]c12)c1nc2cccc(F)c2c(=O)n1-c1ccc(Cl)c(Cl)c1. The quantitative estimate of drug-likeness (QED) is 0.362. The van der Waals surface area contributed by atoms with E-state index in [2.05, 4.69) is 30.2 Å². The number of anilines is 1. The number of imidazole rings is 1. The summed E-state index contributed by atoms with van der Waals surface area (Å²) in [6.07, 6.45) is 3.45. The van der Waals surface area contributed by atoms with Gasteiger partial charge in [-0.05, 0) is 36.8 Å². The third kappa shape index (κ3) is 3.69. The molecule has 0 aliphatic rings. The number of nitrogens with one attached hydrogen (secondary N) is 2. The molecule has 0 unspecified atom stereocenters. The minimum atomic E-state index is -0.652. The lowest BCUT2D eigenvalue weighted by Crippen LogP contribution is -2.29. The van der Waals surface area contributed by atoms with E-state index in [9.17, 15) is 9.18 Å². The van der Waals surface area contributed by atoms with Crippen LogP contribution in [0.25, 0.3) is 27.8 Å². The Morgan fingerprint density at radius 2 is 2.00 bits per heavy atom. The molecule has 3 aromatic heterocycles. The first kappa shape index (κ1) is 21.3. The lowest BCUT2D eigenvalue weighted by atomic mass is 10.1. The second kappa shape index (κ2) is 8.42. The van der Waals surface area contributed by atoms with E-state index in [0.29, 0.717) is 39.9 Å². The molecular formula is C22H16Cl2FN7O. The summed E-state index contributed by atoms with van der Waals surface area (Å²) in [7, 11) is 0. The number of aromatic amines is 1. The predicted octanol–water partition coefficient (Wildman–Crippen LogP) is 5.06. The van der Waals surface area contributed by atoms with Gasteiger partial charge in [0.1, 0.15) is 28.9 Å². The summed E-state index contributed by atoms with van der Waals surface area (Å²) in [6, 6.07) is 8.65. The molecule has 11 heteroatoms. The van der Waals surface area contributed by atoms with Gasteiger partial charge in [-0.2, -0.15) is 0 Å². The van der Waals surface area contributed by atoms with Gasteiger partial charge >= 0.3 is 0 Å². The Kier molecular flexibility index (Phi) is 5.43. The first-order valence-electron chi connectivity index (χ1n) is 10.0. The van der Waals surface area contributed by atoms with Crippen LogP contribution in [0.4, 0.5) is 10.2 Å². The molecule has 5 rings (SSSR count). The Morgan fingerprint density at radius 3 is 2.79 bits per heavy atom. The Hall–Kier alpha value is -3.56. The molecule has 33 heavy (non-hydrogen) atoms. The molecule has 2 N–H and O–H groups in total. The molecule has 3 heterocycles. The number of hydrogen-bond acceptors (Lipinski definition) is 6. The predicted molar refractivity (Wildman–Crippen MR) is 126 cm³/mol. The Balaban J connectivity index is 1.75. The van der Waals surface area contributed by atoms with E-state index < -0.39 is 17.4 Å². The molecule has 0 spiro atoms. The number of hydrogen-bond donors (Lipinski definition) is 2. The van der Waals surface area contributed by atoms with E-state index in [1.807, 2.05) is 6.92 Å². The molecule has 0 saturated heterocycles. The second-order valence-corrected chi connectivity index (χ2v) is 8.09. The van der Waals surface area contributed by atoms with Crippen molar-refractivity contribution in [3.63, 3.8) is 0 Å². The van der Waals surface area contributed by atoms with Gasteiger partial charge in [-0.25, -0.2) is 24.3 Å². The largest absolute Gasteiger partial charge is 0.358 e. The molecule has 0 amide bonds. The van der Waals surface area contributed by atoms with Gasteiger partial charge in [-0.1, -0.05) is 36.2 Å². The van der Waals surface area contributed by atoms with Gasteiger partial charge in [0.2, 0.25) is 0 Å². The van der Waals surface area contributed by atoms with E-state index in [4.69, 9.17) is 23.2 Å². The van der Waals surface area contributed by atoms with Crippen LogP contribution in [0.1, 0.15) is 25.2 Å². The number of nitrogens with zero attached hydrogens (tertiary/aromatic N) is 5. The van der Waals surface area contributed by atoms with Gasteiger partial charge in [0.25, 0.3) is 5.56 Å². The fourth-order valence-corrected chi connectivity index (χ4v) is 4.00. The molecule has 8 nitrogen and oxygen atoms in total. The average molecular weight is 484 g/mol. The molecule has 0 bridgehead atoms. The number of benzene rings is 2. The van der Waals surface area contributed by atoms with Crippen LogP contribution in [0.3, 0.4) is 0 Å². The Bertz CT molecular complexity index is 1570. The maximum absolute atomic E-state index is 14.6. The van der Waals surface area contributed by atoms with Crippen LogP contribution in [0, 0.1) is 5.82 Å². The van der Waals surface area contributed by atoms with Crippen LogP contribution in [-0.2, 0) is 0 Å². The van der Waals surface area contributed by atoms with Gasteiger partial charge in [0.05, 0.1) is 33.6 Å². The van der Waals surface area contributed by atoms with Gasteiger partial charge in [0, 0.05) is 0 Å². The maximum Gasteiger partial charge on any atom is 0.269 e. The van der Waals surface area contributed by atoms with E-state index >= 15 is 0 Å². The maximum atomic E-state index is 14.6. The second-order valence-electron chi connectivity index (χ2n) is 7.27. The fraction of sp³-hybridized carbons (Fsp3) is 0.136. The van der Waals surface area contributed by atoms with E-state index in [1.165, 1.54) is 29.4 Å². The van der Waals surface area contributed by atoms with Crippen LogP contribution in [0.5, 0.6) is 0 Å². The van der Waals surface area contributed by atoms with Crippen LogP contribution in [0.15, 0.2) is 53.8 Å². The Labute approximate surface area is 196 Å². The molecule has 0 radical (unpaired) electrons. The summed E-state index contributed by atoms with van der Waals surface area (Å²) in [5, 5.41) is 3.81. The molecular weight excluding hydrogens is 468 g/mol. The van der Waals surface area contributed by atoms with Gasteiger partial charge in [0.15, 0.2) is 11.5 Å². The van der Waals surface area contributed by atoms with Crippen molar-refractivity contribution in [2.45, 2.75) is 19.4 Å². The van der Waals surface area contributed by atoms with Crippen molar-refractivity contribution >= 4 is 51.1 Å². The van der Waals surface area contributed by atoms with Crippen molar-refractivity contribution in [1.82, 2.24) is 29.5 Å². The lowest BCUT2D eigenvalue weighted by molar-refractivity contribution is 0.630. The summed E-state index contributed by atoms with van der Waals surface area (Å²) in [5.74, 6) is 0.213. The molecule has 0 fully saturated rings. The van der Waals surface area contributed by atoms with E-state index in [-0.39, 0.29) is 15.9 Å². The zero-order valence-electron chi connectivity index (χ0n) is 17.2. The third-order valence-corrected chi connectivity index (χ3v) is 6.03. The Morgan fingerprint density at radius 1 is 1.15 bits per heavy atom. The van der Waals surface area contributed by atoms with Crippen LogP contribution < -0.4 is 10.9 Å². The fourth-order valence-electron chi connectivity index (χ4n) is 3.70. The highest BCUT2D eigenvalue weighted by Gasteiger charge is 2.23. The highest BCUT2D eigenvalue weighted by Crippen LogP contribution is 2.29. The summed E-state index contributed by atoms with van der Waals surface area (Å²) in [5.41, 5.74) is 1.22. The first-order valence-corrected chi connectivity index (χ1v) is 10.8. The van der Waals surface area contributed by atoms with Gasteiger partial charge in [-0.15, -0.1) is 0 Å². The van der Waals surface area contributed by atoms with Gasteiger partial charge in [-0.3, -0.25) is 9.36 Å². The monoisotopic (exact) mass is 483 g/mol. The lowest BCUT2D eigenvalue weighted by Gasteiger charge is -2.22. The molecule has 0 saturated carbocycles. The molecule has 1 atom stereocenters. The first-order chi connectivity index (χ1) is 16.0. The average Bonchev–Trinajstić information content (AvgIpc) is 3.29. The summed E-state index contributed by atoms with van der Waals surface area (Å²) in [4.78, 5) is 33.8. The number of halogens is 3. The van der Waals surface area contributed by atoms with Crippen LogP contribution in [0.2, 0.25) is 10.0 Å². The minimum absolute atomic E-state index is 0.111. The smallest absolute Gasteiger partial charge is 0.269 e. The number of H-pyrrole nitrogens is 1. The topological polar surface area (TPSA) is 101 Å². The van der Waals surface area contributed by atoms with E-state index in [0.717, 1.165) is 0 Å². The van der Waals surface area contributed by atoms with E-state index in [1.54, 1.807) is 24.3 Å². The normalized spacial score (nSPS) is 12.4. The van der Waals surface area contributed by atoms with Crippen molar-refractivity contribution in [1.29, 1.82) is 0 Å². The zero-order valence-corrected chi connectivity index (χ0v) is 18.7. The standard InChI is InChI=1S/C22H16Cl2FN7O/c1-2-15(30-20-18-19(27-9-26-18)28-10-29-20)21-31-16-5-3-4-14(25)17(16)22(33)32(21)11-6-7-12(23)13(24)8-11/h3-10,15H,2H2,1H3,(H2,26,27,28,29,30)/t15-/m1/s1. The summed E-state index contributed by atoms with van der Waals surface area (Å²) < 4.78 is 16.0. The summed E-state index contributed by atoms with van der Waals surface area (Å²) >= 11 is 12.3. The number of aromatic nitrogens is 6. The van der Waals surface area contributed by atoms with Crippen molar-refractivity contribution in [3.8, 4) is 5.69 Å². The highest BCUT2D eigenvalue weighted by atomic mass is 35.5. The highest BCUT2D eigenvalue weighted by molar-refractivity contribution is 6.42. The zero-order chi connectivity index (χ0) is 23.1. The summed E-state index contributed by atoms with van der Waals surface area (Å²) in [6.45, 7) is 1.93. The minimum Gasteiger partial charge on any atom is -0.358 e. The van der Waals surface area contributed by atoms with Crippen molar-refractivity contribution in [2.24, 2.45) is 0 Å². The molecule has 5 aromatic rings. The number of fused-ring (bicyclic) bond motifs is 2. The third-order valence-electron chi connectivity index (χ3n) is 5.29. The molecule has 0 aliphatic carbocycles. The van der Waals surface area contributed by atoms with Gasteiger partial charge < -0.3 is 10.3 Å². The van der Waals surface area contributed by atoms with Crippen molar-refractivity contribution < 1.29 is 4.39 Å². The number of rotatable bonds is 5. The molecule has 0 aliphatic heterocycles. The van der Waals surface area contributed by atoms with Crippen molar-refractivity contribution in [2.75, 3.05) is 5.32 Å². The molecule has 2 aromatic carbocycles. The van der Waals surface area contributed by atoms with Crippen LogP contribution in [-0.4, -0.2) is 29.5 Å².